The fraction of sp³-hybridized carbons (Fsp3) is 0.217. The van der Waals surface area contributed by atoms with Gasteiger partial charge >= 0.3 is 0 Å². The van der Waals surface area contributed by atoms with Gasteiger partial charge in [-0.1, -0.05) is 153 Å². The molecule has 5 heteroatoms. The summed E-state index contributed by atoms with van der Waals surface area (Å²) < 4.78 is 9.08. The highest BCUT2D eigenvalue weighted by Gasteiger charge is 2.30. The van der Waals surface area contributed by atoms with Gasteiger partial charge in [-0.05, 0) is 122 Å². The van der Waals surface area contributed by atoms with Crippen molar-refractivity contribution in [3.8, 4) is 39.6 Å². The maximum atomic E-state index is 6.80. The van der Waals surface area contributed by atoms with Crippen LogP contribution in [0.1, 0.15) is 79.0 Å². The van der Waals surface area contributed by atoms with Gasteiger partial charge in [0.05, 0.1) is 22.4 Å². The maximum Gasteiger partial charge on any atom is 0.138 e. The van der Waals surface area contributed by atoms with Crippen LogP contribution in [0.3, 0.4) is 0 Å². The normalized spacial score (nSPS) is 13.2. The summed E-state index contributed by atoms with van der Waals surface area (Å²) in [4.78, 5) is 9.87. The Morgan fingerprint density at radius 1 is 0.446 bits per heavy atom. The number of anilines is 4. The lowest BCUT2D eigenvalue weighted by Crippen LogP contribution is -2.25. The monoisotopic (exact) mass is 850 g/mol. The molecule has 7 aromatic carbocycles. The van der Waals surface area contributed by atoms with E-state index >= 15 is 0 Å². The fourth-order valence-corrected chi connectivity index (χ4v) is 9.34. The van der Waals surface area contributed by atoms with Crippen LogP contribution in [0.4, 0.5) is 22.7 Å². The van der Waals surface area contributed by atoms with Crippen molar-refractivity contribution in [1.29, 1.82) is 0 Å². The van der Waals surface area contributed by atoms with Crippen molar-refractivity contribution in [3.63, 3.8) is 0 Å². The van der Waals surface area contributed by atoms with E-state index < -0.39 is 0 Å². The molecule has 0 fully saturated rings. The van der Waals surface area contributed by atoms with Crippen LogP contribution in [-0.4, -0.2) is 16.2 Å². The number of benzene rings is 7. The minimum atomic E-state index is -0.0777. The Morgan fingerprint density at radius 3 is 1.80 bits per heavy atom. The summed E-state index contributed by atoms with van der Waals surface area (Å²) in [7, 11) is 0. The number of hydrogen-bond acceptors (Lipinski definition) is 4. The molecule has 0 aliphatic carbocycles. The first-order valence-electron chi connectivity index (χ1n) is 22.9. The van der Waals surface area contributed by atoms with E-state index in [4.69, 9.17) is 9.72 Å². The van der Waals surface area contributed by atoms with E-state index in [0.717, 1.165) is 45.0 Å². The second-order valence-electron chi connectivity index (χ2n) is 20.7. The van der Waals surface area contributed by atoms with Crippen LogP contribution in [0.15, 0.2) is 176 Å². The van der Waals surface area contributed by atoms with Crippen molar-refractivity contribution in [2.75, 3.05) is 16.5 Å². The molecule has 0 saturated carbocycles. The molecule has 0 spiro atoms. The fourth-order valence-electron chi connectivity index (χ4n) is 9.34. The highest BCUT2D eigenvalue weighted by atomic mass is 16.5. The van der Waals surface area contributed by atoms with E-state index in [0.29, 0.717) is 6.67 Å². The van der Waals surface area contributed by atoms with Crippen LogP contribution in [0, 0.1) is 0 Å². The summed E-state index contributed by atoms with van der Waals surface area (Å²) in [6, 6.07) is 61.3. The topological polar surface area (TPSA) is 33.5 Å². The van der Waals surface area contributed by atoms with E-state index in [1.54, 1.807) is 0 Å². The van der Waals surface area contributed by atoms with Crippen molar-refractivity contribution in [1.82, 2.24) is 9.55 Å². The number of ether oxygens (including phenoxy) is 1. The van der Waals surface area contributed by atoms with Gasteiger partial charge in [0, 0.05) is 40.5 Å². The molecule has 2 aromatic heterocycles. The zero-order valence-electron chi connectivity index (χ0n) is 39.1. The molecule has 324 valence electrons. The molecule has 9 aromatic rings. The first kappa shape index (κ1) is 41.9. The summed E-state index contributed by atoms with van der Waals surface area (Å²) in [5.41, 5.74) is 15.5. The Hall–Kier alpha value is -7.11. The number of aromatic nitrogens is 2. The van der Waals surface area contributed by atoms with Gasteiger partial charge in [-0.3, -0.25) is 4.57 Å². The number of nitrogens with zero attached hydrogens (tertiary/aromatic N) is 4. The Kier molecular flexibility index (Phi) is 10.2. The van der Waals surface area contributed by atoms with Crippen molar-refractivity contribution in [3.05, 3.63) is 193 Å². The molecule has 0 amide bonds. The van der Waals surface area contributed by atoms with Gasteiger partial charge in [0.15, 0.2) is 0 Å². The maximum absolute atomic E-state index is 6.80. The zero-order chi connectivity index (χ0) is 45.3. The lowest BCUT2D eigenvalue weighted by atomic mass is 9.80. The molecule has 0 N–H and O–H groups in total. The average molecular weight is 851 g/mol. The molecule has 1 aliphatic rings. The third-order valence-electron chi connectivity index (χ3n) is 12.9. The van der Waals surface area contributed by atoms with Gasteiger partial charge in [0.2, 0.25) is 0 Å². The number of fused-ring (bicyclic) bond motifs is 4. The van der Waals surface area contributed by atoms with E-state index in [9.17, 15) is 0 Å². The molecule has 0 saturated heterocycles. The number of rotatable bonds is 7. The van der Waals surface area contributed by atoms with Gasteiger partial charge in [-0.2, -0.15) is 0 Å². The first-order chi connectivity index (χ1) is 31.1. The third kappa shape index (κ3) is 7.94. The summed E-state index contributed by atoms with van der Waals surface area (Å²) in [6.45, 7) is 21.4. The largest absolute Gasteiger partial charge is 0.457 e. The average Bonchev–Trinajstić information content (AvgIpc) is 3.84. The molecule has 0 atom stereocenters. The molecule has 10 rings (SSSR count). The third-order valence-corrected chi connectivity index (χ3v) is 12.9. The predicted octanol–water partition coefficient (Wildman–Crippen LogP) is 16.4. The lowest BCUT2D eigenvalue weighted by molar-refractivity contribution is 0.483. The minimum Gasteiger partial charge on any atom is -0.457 e. The van der Waals surface area contributed by atoms with Gasteiger partial charge in [0.25, 0.3) is 0 Å². The smallest absolute Gasteiger partial charge is 0.138 e. The summed E-state index contributed by atoms with van der Waals surface area (Å²) in [5.74, 6) is 2.40. The predicted molar refractivity (Wildman–Crippen MR) is 274 cm³/mol. The Bertz CT molecular complexity index is 3200. The SMILES string of the molecule is CC(C)(C)c1cc(N2CN(c3cccc(Oc4ccc5c6ccccc6n(-c6cc(-c7ccc(-c8ccccc8)cc7C(C)(C)C)ccn6)c5c4)c3)c3ccccc32)cc(C(C)(C)C)c1. The van der Waals surface area contributed by atoms with Gasteiger partial charge in [-0.25, -0.2) is 4.98 Å². The van der Waals surface area contributed by atoms with Crippen LogP contribution >= 0.6 is 0 Å². The van der Waals surface area contributed by atoms with Crippen molar-refractivity contribution in [2.45, 2.75) is 78.6 Å². The second kappa shape index (κ2) is 15.8. The van der Waals surface area contributed by atoms with Crippen molar-refractivity contribution < 1.29 is 4.74 Å². The second-order valence-corrected chi connectivity index (χ2v) is 20.7. The van der Waals surface area contributed by atoms with Gasteiger partial charge in [0.1, 0.15) is 24.0 Å². The van der Waals surface area contributed by atoms with E-state index in [2.05, 4.69) is 240 Å². The summed E-state index contributed by atoms with van der Waals surface area (Å²) in [6.07, 6.45) is 1.94. The first-order valence-corrected chi connectivity index (χ1v) is 22.9. The quantitative estimate of drug-likeness (QED) is 0.160. The van der Waals surface area contributed by atoms with E-state index in [1.807, 2.05) is 12.3 Å². The van der Waals surface area contributed by atoms with Crippen molar-refractivity contribution >= 4 is 44.6 Å². The highest BCUT2D eigenvalue weighted by molar-refractivity contribution is 6.09. The standard InChI is InChI=1S/C60H58N4O/c1-58(2,3)43-34-44(59(4,5)6)36-46(35-43)63-39-62(54-24-15-16-25-55(54)63)45-20-17-21-47(37-45)65-48-27-29-51-50-22-13-14-23-53(50)64(56(51)38-48)57-33-42(30-31-61-57)49-28-26-41(32-52(49)60(7,8)9)40-18-11-10-12-19-40/h10-38H,39H2,1-9H3. The van der Waals surface area contributed by atoms with Crippen LogP contribution in [0.25, 0.3) is 49.9 Å². The molecule has 0 radical (unpaired) electrons. The summed E-state index contributed by atoms with van der Waals surface area (Å²) >= 11 is 0. The molecular formula is C60H58N4O. The van der Waals surface area contributed by atoms with Gasteiger partial charge in [-0.15, -0.1) is 0 Å². The lowest BCUT2D eigenvalue weighted by Gasteiger charge is -2.29. The Labute approximate surface area is 384 Å². The minimum absolute atomic E-state index is 0.0184. The van der Waals surface area contributed by atoms with Crippen LogP contribution in [0.2, 0.25) is 0 Å². The van der Waals surface area contributed by atoms with Crippen LogP contribution < -0.4 is 14.5 Å². The number of pyridine rings is 1. The van der Waals surface area contributed by atoms with Crippen LogP contribution in [0.5, 0.6) is 11.5 Å². The molecule has 0 bridgehead atoms. The van der Waals surface area contributed by atoms with E-state index in [-0.39, 0.29) is 16.2 Å². The van der Waals surface area contributed by atoms with Crippen molar-refractivity contribution in [2.24, 2.45) is 0 Å². The Balaban J connectivity index is 1.00. The highest BCUT2D eigenvalue weighted by Crippen LogP contribution is 2.47. The summed E-state index contributed by atoms with van der Waals surface area (Å²) in [5, 5.41) is 2.32. The molecule has 65 heavy (non-hydrogen) atoms. The Morgan fingerprint density at radius 2 is 1.09 bits per heavy atom. The number of para-hydroxylation sites is 3. The molecule has 0 unspecified atom stereocenters. The van der Waals surface area contributed by atoms with Crippen LogP contribution in [-0.2, 0) is 16.2 Å². The molecule has 5 nitrogen and oxygen atoms in total. The number of hydrogen-bond donors (Lipinski definition) is 0. The molecule has 1 aliphatic heterocycles. The molecular weight excluding hydrogens is 793 g/mol. The van der Waals surface area contributed by atoms with Gasteiger partial charge < -0.3 is 14.5 Å². The zero-order valence-corrected chi connectivity index (χ0v) is 39.1. The molecule has 3 heterocycles. The van der Waals surface area contributed by atoms with E-state index in [1.165, 1.54) is 55.8 Å².